The van der Waals surface area contributed by atoms with Gasteiger partial charge in [0.2, 0.25) is 0 Å². The molecule has 1 aromatic heterocycles. The summed E-state index contributed by atoms with van der Waals surface area (Å²) < 4.78 is 30.1. The van der Waals surface area contributed by atoms with Gasteiger partial charge in [-0.1, -0.05) is 30.4 Å². The van der Waals surface area contributed by atoms with Gasteiger partial charge in [-0.2, -0.15) is 0 Å². The molecular formula is C17H16N2O4S2. The monoisotopic (exact) mass is 376 g/mol. The normalized spacial score (nSPS) is 11.4. The first-order chi connectivity index (χ1) is 11.9. The minimum atomic E-state index is -3.37. The van der Waals surface area contributed by atoms with Crippen molar-refractivity contribution in [3.8, 4) is 5.75 Å². The predicted octanol–water partition coefficient (Wildman–Crippen LogP) is 3.35. The second-order valence-electron chi connectivity index (χ2n) is 5.21. The van der Waals surface area contributed by atoms with Crippen LogP contribution in [0.15, 0.2) is 47.4 Å². The van der Waals surface area contributed by atoms with Crippen molar-refractivity contribution in [2.75, 3.05) is 18.2 Å². The van der Waals surface area contributed by atoms with Crippen molar-refractivity contribution in [1.29, 1.82) is 0 Å². The Bertz CT molecular complexity index is 1040. The fraction of sp³-hybridized carbons (Fsp3) is 0.176. The lowest BCUT2D eigenvalue weighted by atomic mass is 10.2. The molecule has 6 nitrogen and oxygen atoms in total. The fourth-order valence-electron chi connectivity index (χ4n) is 2.31. The summed E-state index contributed by atoms with van der Waals surface area (Å²) in [5, 5.41) is 3.14. The van der Waals surface area contributed by atoms with Crippen molar-refractivity contribution in [2.24, 2.45) is 0 Å². The zero-order chi connectivity index (χ0) is 18.0. The van der Waals surface area contributed by atoms with Crippen LogP contribution in [0.25, 0.3) is 10.2 Å². The van der Waals surface area contributed by atoms with Crippen LogP contribution in [0.4, 0.5) is 5.13 Å². The molecule has 1 N–H and O–H groups in total. The number of nitrogens with zero attached hydrogens (tertiary/aromatic N) is 1. The largest absolute Gasteiger partial charge is 0.494 e. The van der Waals surface area contributed by atoms with Crippen LogP contribution in [-0.4, -0.2) is 32.2 Å². The first-order valence-electron chi connectivity index (χ1n) is 7.52. The molecule has 3 rings (SSSR count). The molecule has 2 aromatic carbocycles. The summed E-state index contributed by atoms with van der Waals surface area (Å²) in [5.74, 6) is 0.201. The standard InChI is InChI=1S/C17H16N2O4S2/c1-3-25(21,22)12-7-4-6-11(10-12)16(20)19-17-18-15-13(23-2)8-5-9-14(15)24-17/h4-10H,3H2,1-2H3,(H,18,19,20). The van der Waals surface area contributed by atoms with Crippen LogP contribution in [0.2, 0.25) is 0 Å². The van der Waals surface area contributed by atoms with E-state index in [1.807, 2.05) is 12.1 Å². The number of methoxy groups -OCH3 is 1. The Morgan fingerprint density at radius 1 is 1.24 bits per heavy atom. The minimum Gasteiger partial charge on any atom is -0.494 e. The van der Waals surface area contributed by atoms with E-state index in [9.17, 15) is 13.2 Å². The SMILES string of the molecule is CCS(=O)(=O)c1cccc(C(=O)Nc2nc3c(OC)cccc3s2)c1. The van der Waals surface area contributed by atoms with Crippen LogP contribution in [0.5, 0.6) is 5.75 Å². The Hall–Kier alpha value is -2.45. The van der Waals surface area contributed by atoms with Crippen LogP contribution in [0.3, 0.4) is 0 Å². The molecule has 0 aliphatic heterocycles. The molecule has 25 heavy (non-hydrogen) atoms. The van der Waals surface area contributed by atoms with Crippen LogP contribution in [0, 0.1) is 0 Å². The lowest BCUT2D eigenvalue weighted by Crippen LogP contribution is -2.13. The number of sulfone groups is 1. The number of thiazole rings is 1. The van der Waals surface area contributed by atoms with Crippen molar-refractivity contribution >= 4 is 42.4 Å². The second-order valence-corrected chi connectivity index (χ2v) is 8.52. The van der Waals surface area contributed by atoms with Crippen LogP contribution < -0.4 is 10.1 Å². The predicted molar refractivity (Wildman–Crippen MR) is 98.3 cm³/mol. The molecule has 8 heteroatoms. The molecule has 1 amide bonds. The van der Waals surface area contributed by atoms with Gasteiger partial charge in [0, 0.05) is 5.56 Å². The highest BCUT2D eigenvalue weighted by Crippen LogP contribution is 2.32. The Labute approximate surface area is 149 Å². The van der Waals surface area contributed by atoms with Crippen molar-refractivity contribution in [1.82, 2.24) is 4.98 Å². The number of anilines is 1. The maximum atomic E-state index is 12.4. The number of amides is 1. The number of carbonyl (C=O) groups excluding carboxylic acids is 1. The third kappa shape index (κ3) is 3.49. The van der Waals surface area contributed by atoms with E-state index in [1.165, 1.54) is 23.5 Å². The van der Waals surface area contributed by atoms with Crippen LogP contribution >= 0.6 is 11.3 Å². The lowest BCUT2D eigenvalue weighted by molar-refractivity contribution is 0.102. The first kappa shape index (κ1) is 17.4. The van der Waals surface area contributed by atoms with Crippen molar-refractivity contribution in [3.63, 3.8) is 0 Å². The lowest BCUT2D eigenvalue weighted by Gasteiger charge is -2.05. The van der Waals surface area contributed by atoms with Crippen LogP contribution in [-0.2, 0) is 9.84 Å². The van der Waals surface area contributed by atoms with Gasteiger partial charge in [0.1, 0.15) is 11.3 Å². The molecule has 1 heterocycles. The van der Waals surface area contributed by atoms with Crippen molar-refractivity contribution in [2.45, 2.75) is 11.8 Å². The third-order valence-electron chi connectivity index (χ3n) is 3.66. The molecule has 3 aromatic rings. The minimum absolute atomic E-state index is 0.0181. The summed E-state index contributed by atoms with van der Waals surface area (Å²) >= 11 is 1.32. The summed E-state index contributed by atoms with van der Waals surface area (Å²) in [6.07, 6.45) is 0. The zero-order valence-corrected chi connectivity index (χ0v) is 15.3. The van der Waals surface area contributed by atoms with Gasteiger partial charge in [-0.05, 0) is 30.3 Å². The van der Waals surface area contributed by atoms with Gasteiger partial charge in [-0.3, -0.25) is 10.1 Å². The number of hydrogen-bond acceptors (Lipinski definition) is 6. The number of para-hydroxylation sites is 1. The number of fused-ring (bicyclic) bond motifs is 1. The second kappa shape index (κ2) is 6.81. The molecule has 130 valence electrons. The summed E-state index contributed by atoms with van der Waals surface area (Å²) in [7, 11) is -1.80. The highest BCUT2D eigenvalue weighted by molar-refractivity contribution is 7.91. The number of nitrogens with one attached hydrogen (secondary N) is 1. The molecule has 0 aliphatic carbocycles. The summed E-state index contributed by atoms with van der Waals surface area (Å²) in [6.45, 7) is 1.57. The topological polar surface area (TPSA) is 85.4 Å². The summed E-state index contributed by atoms with van der Waals surface area (Å²) in [5.41, 5.74) is 0.938. The first-order valence-corrected chi connectivity index (χ1v) is 9.99. The van der Waals surface area contributed by atoms with E-state index in [-0.39, 0.29) is 16.2 Å². The van der Waals surface area contributed by atoms with E-state index in [0.29, 0.717) is 16.4 Å². The number of rotatable bonds is 5. The molecule has 0 fully saturated rings. The van der Waals surface area contributed by atoms with Gasteiger partial charge in [-0.25, -0.2) is 13.4 Å². The smallest absolute Gasteiger partial charge is 0.257 e. The summed E-state index contributed by atoms with van der Waals surface area (Å²) in [6, 6.07) is 11.5. The van der Waals surface area contributed by atoms with Gasteiger partial charge in [0.15, 0.2) is 15.0 Å². The van der Waals surface area contributed by atoms with E-state index in [0.717, 1.165) is 4.70 Å². The Kier molecular flexibility index (Phi) is 4.73. The van der Waals surface area contributed by atoms with Gasteiger partial charge >= 0.3 is 0 Å². The number of ether oxygens (including phenoxy) is 1. The fourth-order valence-corrected chi connectivity index (χ4v) is 4.11. The molecule has 0 atom stereocenters. The highest BCUT2D eigenvalue weighted by Gasteiger charge is 2.16. The number of aromatic nitrogens is 1. The quantitative estimate of drug-likeness (QED) is 0.738. The zero-order valence-electron chi connectivity index (χ0n) is 13.6. The Morgan fingerprint density at radius 2 is 2.00 bits per heavy atom. The van der Waals surface area contributed by atoms with Crippen LogP contribution in [0.1, 0.15) is 17.3 Å². The third-order valence-corrected chi connectivity index (χ3v) is 6.33. The highest BCUT2D eigenvalue weighted by atomic mass is 32.2. The molecule has 0 aliphatic rings. The van der Waals surface area contributed by atoms with E-state index in [2.05, 4.69) is 10.3 Å². The maximum Gasteiger partial charge on any atom is 0.257 e. The average molecular weight is 376 g/mol. The molecule has 0 saturated carbocycles. The molecule has 0 bridgehead atoms. The summed E-state index contributed by atoms with van der Waals surface area (Å²) in [4.78, 5) is 17.0. The van der Waals surface area contributed by atoms with Gasteiger partial charge in [0.25, 0.3) is 5.91 Å². The van der Waals surface area contributed by atoms with E-state index in [4.69, 9.17) is 4.74 Å². The Balaban J connectivity index is 1.89. The van der Waals surface area contributed by atoms with Gasteiger partial charge < -0.3 is 4.74 Å². The molecular weight excluding hydrogens is 360 g/mol. The molecule has 0 spiro atoms. The number of hydrogen-bond donors (Lipinski definition) is 1. The average Bonchev–Trinajstić information content (AvgIpc) is 3.04. The van der Waals surface area contributed by atoms with Gasteiger partial charge in [0.05, 0.1) is 22.5 Å². The number of carbonyl (C=O) groups is 1. The molecule has 0 unspecified atom stereocenters. The Morgan fingerprint density at radius 3 is 2.72 bits per heavy atom. The van der Waals surface area contributed by atoms with E-state index < -0.39 is 15.7 Å². The van der Waals surface area contributed by atoms with E-state index >= 15 is 0 Å². The molecule has 0 radical (unpaired) electrons. The molecule has 0 saturated heterocycles. The van der Waals surface area contributed by atoms with Crippen molar-refractivity contribution in [3.05, 3.63) is 48.0 Å². The number of benzene rings is 2. The van der Waals surface area contributed by atoms with E-state index in [1.54, 1.807) is 32.2 Å². The van der Waals surface area contributed by atoms with Gasteiger partial charge in [-0.15, -0.1) is 0 Å². The van der Waals surface area contributed by atoms with Crippen molar-refractivity contribution < 1.29 is 17.9 Å². The maximum absolute atomic E-state index is 12.4.